The van der Waals surface area contributed by atoms with Crippen LogP contribution in [-0.4, -0.2) is 32.0 Å². The molecule has 3 heteroatoms. The largest absolute Gasteiger partial charge is 0.379 e. The van der Waals surface area contributed by atoms with E-state index in [9.17, 15) is 0 Å². The van der Waals surface area contributed by atoms with Gasteiger partial charge in [0.15, 0.2) is 0 Å². The van der Waals surface area contributed by atoms with Crippen molar-refractivity contribution in [2.45, 2.75) is 45.6 Å². The third-order valence-electron chi connectivity index (χ3n) is 3.21. The number of hydrogen-bond acceptors (Lipinski definition) is 3. The maximum atomic E-state index is 5.73. The molecule has 0 saturated heterocycles. The van der Waals surface area contributed by atoms with Crippen molar-refractivity contribution in [1.82, 2.24) is 0 Å². The average molecular weight is 229 g/mol. The van der Waals surface area contributed by atoms with Crippen molar-refractivity contribution < 1.29 is 9.47 Å². The van der Waals surface area contributed by atoms with Gasteiger partial charge in [-0.3, -0.25) is 0 Å². The van der Waals surface area contributed by atoms with E-state index in [2.05, 4.69) is 20.8 Å². The molecule has 96 valence electrons. The summed E-state index contributed by atoms with van der Waals surface area (Å²) in [6.45, 7) is 9.24. The summed E-state index contributed by atoms with van der Waals surface area (Å²) in [5, 5.41) is 0. The molecule has 2 atom stereocenters. The molecule has 0 aromatic carbocycles. The van der Waals surface area contributed by atoms with E-state index in [1.165, 1.54) is 19.3 Å². The second-order valence-electron chi connectivity index (χ2n) is 5.72. The summed E-state index contributed by atoms with van der Waals surface area (Å²) in [7, 11) is 0. The van der Waals surface area contributed by atoms with Crippen LogP contribution in [0.4, 0.5) is 0 Å². The van der Waals surface area contributed by atoms with Crippen LogP contribution in [0.3, 0.4) is 0 Å². The highest BCUT2D eigenvalue weighted by molar-refractivity contribution is 4.77. The monoisotopic (exact) mass is 229 g/mol. The summed E-state index contributed by atoms with van der Waals surface area (Å²) >= 11 is 0. The Morgan fingerprint density at radius 3 is 2.44 bits per heavy atom. The summed E-state index contributed by atoms with van der Waals surface area (Å²) < 4.78 is 11.3. The molecule has 2 N–H and O–H groups in total. The van der Waals surface area contributed by atoms with Gasteiger partial charge in [-0.1, -0.05) is 6.42 Å². The van der Waals surface area contributed by atoms with Crippen molar-refractivity contribution in [1.29, 1.82) is 0 Å². The molecular formula is C13H27NO2. The minimum atomic E-state index is -0.0590. The number of hydrogen-bond donors (Lipinski definition) is 1. The minimum absolute atomic E-state index is 0.0590. The number of nitrogens with two attached hydrogens (primary N) is 1. The van der Waals surface area contributed by atoms with Gasteiger partial charge in [0.1, 0.15) is 0 Å². The van der Waals surface area contributed by atoms with E-state index < -0.39 is 0 Å². The molecule has 0 radical (unpaired) electrons. The second-order valence-corrected chi connectivity index (χ2v) is 5.72. The normalized spacial score (nSPS) is 26.2. The summed E-state index contributed by atoms with van der Waals surface area (Å²) in [5.74, 6) is 1.36. The first-order valence-electron chi connectivity index (χ1n) is 6.44. The molecule has 0 aliphatic heterocycles. The highest BCUT2D eigenvalue weighted by atomic mass is 16.5. The topological polar surface area (TPSA) is 44.5 Å². The summed E-state index contributed by atoms with van der Waals surface area (Å²) in [5.41, 5.74) is 5.67. The lowest BCUT2D eigenvalue weighted by atomic mass is 9.97. The van der Waals surface area contributed by atoms with E-state index in [1.54, 1.807) is 0 Å². The van der Waals surface area contributed by atoms with Gasteiger partial charge < -0.3 is 15.2 Å². The molecule has 1 aliphatic rings. The average Bonchev–Trinajstić information content (AvgIpc) is 2.63. The Morgan fingerprint density at radius 1 is 1.12 bits per heavy atom. The van der Waals surface area contributed by atoms with Crippen LogP contribution in [0.25, 0.3) is 0 Å². The first-order chi connectivity index (χ1) is 7.53. The molecule has 0 bridgehead atoms. The third-order valence-corrected chi connectivity index (χ3v) is 3.21. The zero-order valence-electron chi connectivity index (χ0n) is 11.0. The fraction of sp³-hybridized carbons (Fsp3) is 1.00. The quantitative estimate of drug-likeness (QED) is 0.710. The highest BCUT2D eigenvalue weighted by Gasteiger charge is 2.25. The number of ether oxygens (including phenoxy) is 2. The molecule has 1 rings (SSSR count). The summed E-state index contributed by atoms with van der Waals surface area (Å²) in [4.78, 5) is 0. The Bertz CT molecular complexity index is 189. The fourth-order valence-electron chi connectivity index (χ4n) is 2.28. The molecule has 0 aromatic rings. The maximum absolute atomic E-state index is 5.73. The molecule has 2 unspecified atom stereocenters. The SMILES string of the molecule is CC(C)(C)OCCOCC1CCCC1CN. The first-order valence-corrected chi connectivity index (χ1v) is 6.44. The Balaban J connectivity index is 2.03. The fourth-order valence-corrected chi connectivity index (χ4v) is 2.28. The van der Waals surface area contributed by atoms with Gasteiger partial charge in [0, 0.05) is 6.61 Å². The predicted molar refractivity (Wildman–Crippen MR) is 66.4 cm³/mol. The number of rotatable bonds is 6. The zero-order chi connectivity index (χ0) is 12.0. The van der Waals surface area contributed by atoms with Crippen LogP contribution in [0, 0.1) is 11.8 Å². The van der Waals surface area contributed by atoms with Crippen molar-refractivity contribution in [2.75, 3.05) is 26.4 Å². The zero-order valence-corrected chi connectivity index (χ0v) is 11.0. The van der Waals surface area contributed by atoms with Crippen molar-refractivity contribution >= 4 is 0 Å². The van der Waals surface area contributed by atoms with E-state index in [0.717, 1.165) is 13.2 Å². The van der Waals surface area contributed by atoms with Gasteiger partial charge in [0.05, 0.1) is 18.8 Å². The van der Waals surface area contributed by atoms with Gasteiger partial charge in [-0.15, -0.1) is 0 Å². The molecule has 1 fully saturated rings. The van der Waals surface area contributed by atoms with E-state index in [4.69, 9.17) is 15.2 Å². The van der Waals surface area contributed by atoms with Gasteiger partial charge in [0.2, 0.25) is 0 Å². The lowest BCUT2D eigenvalue weighted by molar-refractivity contribution is -0.0407. The molecule has 1 saturated carbocycles. The van der Waals surface area contributed by atoms with Crippen LogP contribution in [0.15, 0.2) is 0 Å². The summed E-state index contributed by atoms with van der Waals surface area (Å²) in [6.07, 6.45) is 3.87. The Hall–Kier alpha value is -0.120. The van der Waals surface area contributed by atoms with Gasteiger partial charge >= 0.3 is 0 Å². The molecule has 0 spiro atoms. The van der Waals surface area contributed by atoms with Crippen molar-refractivity contribution in [3.05, 3.63) is 0 Å². The van der Waals surface area contributed by atoms with Gasteiger partial charge in [-0.25, -0.2) is 0 Å². The molecule has 0 aromatic heterocycles. The molecule has 0 amide bonds. The molecule has 3 nitrogen and oxygen atoms in total. The van der Waals surface area contributed by atoms with Gasteiger partial charge in [0.25, 0.3) is 0 Å². The van der Waals surface area contributed by atoms with E-state index in [-0.39, 0.29) is 5.60 Å². The standard InChI is InChI=1S/C13H27NO2/c1-13(2,3)16-8-7-15-10-12-6-4-5-11(12)9-14/h11-12H,4-10,14H2,1-3H3. The minimum Gasteiger partial charge on any atom is -0.379 e. The molecule has 16 heavy (non-hydrogen) atoms. The second kappa shape index (κ2) is 6.58. The first kappa shape index (κ1) is 13.9. The van der Waals surface area contributed by atoms with Crippen LogP contribution >= 0.6 is 0 Å². The van der Waals surface area contributed by atoms with Crippen LogP contribution in [0.1, 0.15) is 40.0 Å². The van der Waals surface area contributed by atoms with E-state index >= 15 is 0 Å². The summed E-state index contributed by atoms with van der Waals surface area (Å²) in [6, 6.07) is 0. The Labute approximate surface area is 99.7 Å². The molecular weight excluding hydrogens is 202 g/mol. The Kier molecular flexibility index (Phi) is 5.73. The molecule has 0 heterocycles. The van der Waals surface area contributed by atoms with Crippen LogP contribution < -0.4 is 5.73 Å². The van der Waals surface area contributed by atoms with Crippen LogP contribution in [-0.2, 0) is 9.47 Å². The molecule has 1 aliphatic carbocycles. The lowest BCUT2D eigenvalue weighted by Crippen LogP contribution is -2.25. The van der Waals surface area contributed by atoms with Crippen LogP contribution in [0.5, 0.6) is 0 Å². The van der Waals surface area contributed by atoms with Gasteiger partial charge in [-0.2, -0.15) is 0 Å². The predicted octanol–water partition coefficient (Wildman–Crippen LogP) is 2.19. The maximum Gasteiger partial charge on any atom is 0.0707 e. The third kappa shape index (κ3) is 5.28. The van der Waals surface area contributed by atoms with Gasteiger partial charge in [-0.05, 0) is 52.0 Å². The van der Waals surface area contributed by atoms with Crippen molar-refractivity contribution in [3.63, 3.8) is 0 Å². The van der Waals surface area contributed by atoms with E-state index in [1.807, 2.05) is 0 Å². The van der Waals surface area contributed by atoms with E-state index in [0.29, 0.717) is 25.0 Å². The lowest BCUT2D eigenvalue weighted by Gasteiger charge is -2.21. The van der Waals surface area contributed by atoms with Crippen molar-refractivity contribution in [3.8, 4) is 0 Å². The van der Waals surface area contributed by atoms with Crippen molar-refractivity contribution in [2.24, 2.45) is 17.6 Å². The Morgan fingerprint density at radius 2 is 1.81 bits per heavy atom. The smallest absolute Gasteiger partial charge is 0.0707 e. The highest BCUT2D eigenvalue weighted by Crippen LogP contribution is 2.30. The van der Waals surface area contributed by atoms with Crippen LogP contribution in [0.2, 0.25) is 0 Å².